The zero-order chi connectivity index (χ0) is 10.8. The summed E-state index contributed by atoms with van der Waals surface area (Å²) in [5.41, 5.74) is 0.0667. The normalized spacial score (nSPS) is 33.1. The van der Waals surface area contributed by atoms with Crippen LogP contribution in [0.1, 0.15) is 53.4 Å². The molecule has 0 spiro atoms. The maximum Gasteiger partial charge on any atom is 0.217 e. The van der Waals surface area contributed by atoms with Crippen LogP contribution in [0.2, 0.25) is 0 Å². The lowest BCUT2D eigenvalue weighted by Crippen LogP contribution is -2.47. The van der Waals surface area contributed by atoms with E-state index in [1.54, 1.807) is 6.92 Å². The highest BCUT2D eigenvalue weighted by molar-refractivity contribution is 5.73. The third-order valence-corrected chi connectivity index (χ3v) is 3.55. The van der Waals surface area contributed by atoms with Gasteiger partial charge in [0.15, 0.2) is 0 Å². The second-order valence-electron chi connectivity index (χ2n) is 5.32. The molecule has 0 saturated heterocycles. The monoisotopic (exact) mass is 197 g/mol. The Morgan fingerprint density at radius 2 is 1.86 bits per heavy atom. The molecule has 0 bridgehead atoms. The number of amides is 1. The molecule has 1 saturated carbocycles. The van der Waals surface area contributed by atoms with Crippen LogP contribution in [-0.4, -0.2) is 11.4 Å². The Kier molecular flexibility index (Phi) is 3.57. The first-order valence-electron chi connectivity index (χ1n) is 5.72. The van der Waals surface area contributed by atoms with Crippen LogP contribution in [0.4, 0.5) is 0 Å². The van der Waals surface area contributed by atoms with Gasteiger partial charge in [0, 0.05) is 12.5 Å². The molecule has 0 radical (unpaired) electrons. The zero-order valence-electron chi connectivity index (χ0n) is 9.89. The van der Waals surface area contributed by atoms with Crippen LogP contribution >= 0.6 is 0 Å². The fourth-order valence-corrected chi connectivity index (χ4v) is 2.49. The summed E-state index contributed by atoms with van der Waals surface area (Å²) in [7, 11) is 0. The molecule has 2 nitrogen and oxygen atoms in total. The quantitative estimate of drug-likeness (QED) is 0.724. The molecular formula is C12H23NO. The second kappa shape index (κ2) is 4.33. The van der Waals surface area contributed by atoms with Crippen molar-refractivity contribution in [2.45, 2.75) is 58.9 Å². The molecule has 2 heteroatoms. The molecule has 1 rings (SSSR count). The van der Waals surface area contributed by atoms with Crippen LogP contribution in [0.25, 0.3) is 0 Å². The van der Waals surface area contributed by atoms with Crippen molar-refractivity contribution < 1.29 is 4.79 Å². The van der Waals surface area contributed by atoms with Crippen molar-refractivity contribution in [2.75, 3.05) is 0 Å². The molecule has 1 N–H and O–H groups in total. The minimum absolute atomic E-state index is 0.0667. The molecule has 0 aromatic carbocycles. The van der Waals surface area contributed by atoms with Crippen molar-refractivity contribution in [3.63, 3.8) is 0 Å². The molecule has 0 heterocycles. The largest absolute Gasteiger partial charge is 0.351 e. The summed E-state index contributed by atoms with van der Waals surface area (Å²) >= 11 is 0. The van der Waals surface area contributed by atoms with Gasteiger partial charge in [-0.15, -0.1) is 0 Å². The average Bonchev–Trinajstić information content (AvgIpc) is 2.02. The highest BCUT2D eigenvalue weighted by Crippen LogP contribution is 2.35. The topological polar surface area (TPSA) is 29.1 Å². The Morgan fingerprint density at radius 1 is 1.36 bits per heavy atom. The van der Waals surface area contributed by atoms with E-state index < -0.39 is 0 Å². The van der Waals surface area contributed by atoms with E-state index >= 15 is 0 Å². The van der Waals surface area contributed by atoms with Gasteiger partial charge < -0.3 is 5.32 Å². The van der Waals surface area contributed by atoms with Gasteiger partial charge in [0.25, 0.3) is 0 Å². The van der Waals surface area contributed by atoms with Crippen LogP contribution in [0, 0.1) is 11.8 Å². The van der Waals surface area contributed by atoms with Crippen LogP contribution in [-0.2, 0) is 4.79 Å². The molecule has 1 aliphatic rings. The number of carbonyl (C=O) groups excluding carboxylic acids is 1. The van der Waals surface area contributed by atoms with Crippen molar-refractivity contribution in [1.29, 1.82) is 0 Å². The van der Waals surface area contributed by atoms with Crippen molar-refractivity contribution in [1.82, 2.24) is 5.32 Å². The van der Waals surface area contributed by atoms with E-state index in [-0.39, 0.29) is 11.4 Å². The SMILES string of the molecule is CC(=O)NC1(C)CCC(C(C)C)CC1. The van der Waals surface area contributed by atoms with E-state index in [9.17, 15) is 4.79 Å². The molecule has 0 atom stereocenters. The van der Waals surface area contributed by atoms with E-state index in [0.29, 0.717) is 0 Å². The lowest BCUT2D eigenvalue weighted by atomic mass is 9.73. The van der Waals surface area contributed by atoms with Crippen molar-refractivity contribution >= 4 is 5.91 Å². The number of hydrogen-bond acceptors (Lipinski definition) is 1. The molecule has 0 aliphatic heterocycles. The van der Waals surface area contributed by atoms with Crippen molar-refractivity contribution in [2.24, 2.45) is 11.8 Å². The van der Waals surface area contributed by atoms with Gasteiger partial charge in [-0.3, -0.25) is 4.79 Å². The standard InChI is InChI=1S/C12H23NO/c1-9(2)11-5-7-12(4,8-6-11)13-10(3)14/h9,11H,5-8H2,1-4H3,(H,13,14). The molecule has 0 unspecified atom stereocenters. The zero-order valence-corrected chi connectivity index (χ0v) is 9.89. The van der Waals surface area contributed by atoms with Gasteiger partial charge in [-0.1, -0.05) is 13.8 Å². The number of carbonyl (C=O) groups is 1. The second-order valence-corrected chi connectivity index (χ2v) is 5.32. The summed E-state index contributed by atoms with van der Waals surface area (Å²) < 4.78 is 0. The van der Waals surface area contributed by atoms with Crippen LogP contribution in [0.3, 0.4) is 0 Å². The third-order valence-electron chi connectivity index (χ3n) is 3.55. The molecule has 0 aromatic rings. The molecule has 0 aromatic heterocycles. The van der Waals surface area contributed by atoms with Gasteiger partial charge in [0.2, 0.25) is 5.91 Å². The van der Waals surface area contributed by atoms with E-state index in [4.69, 9.17) is 0 Å². The molecule has 82 valence electrons. The highest BCUT2D eigenvalue weighted by Gasteiger charge is 2.32. The van der Waals surface area contributed by atoms with E-state index in [0.717, 1.165) is 24.7 Å². The maximum atomic E-state index is 11.0. The summed E-state index contributed by atoms with van der Waals surface area (Å²) in [5, 5.41) is 3.08. The fourth-order valence-electron chi connectivity index (χ4n) is 2.49. The Balaban J connectivity index is 2.44. The number of hydrogen-bond donors (Lipinski definition) is 1. The van der Waals surface area contributed by atoms with Gasteiger partial charge in [-0.05, 0) is 44.4 Å². The van der Waals surface area contributed by atoms with E-state index in [2.05, 4.69) is 26.1 Å². The number of rotatable bonds is 2. The molecule has 1 amide bonds. The average molecular weight is 197 g/mol. The Bertz CT molecular complexity index is 202. The predicted molar refractivity (Wildman–Crippen MR) is 59.0 cm³/mol. The first-order valence-corrected chi connectivity index (χ1v) is 5.72. The first kappa shape index (κ1) is 11.5. The van der Waals surface area contributed by atoms with Crippen LogP contribution < -0.4 is 5.32 Å². The van der Waals surface area contributed by atoms with Gasteiger partial charge in [0.05, 0.1) is 0 Å². The number of nitrogens with one attached hydrogen (secondary N) is 1. The molecular weight excluding hydrogens is 174 g/mol. The van der Waals surface area contributed by atoms with Gasteiger partial charge >= 0.3 is 0 Å². The fraction of sp³-hybridized carbons (Fsp3) is 0.917. The van der Waals surface area contributed by atoms with Gasteiger partial charge in [-0.25, -0.2) is 0 Å². The molecule has 1 aliphatic carbocycles. The smallest absolute Gasteiger partial charge is 0.217 e. The summed E-state index contributed by atoms with van der Waals surface area (Å²) in [4.78, 5) is 11.0. The van der Waals surface area contributed by atoms with E-state index in [1.165, 1.54) is 12.8 Å². The predicted octanol–water partition coefficient (Wildman–Crippen LogP) is 2.73. The van der Waals surface area contributed by atoms with Crippen molar-refractivity contribution in [3.8, 4) is 0 Å². The lowest BCUT2D eigenvalue weighted by molar-refractivity contribution is -0.121. The summed E-state index contributed by atoms with van der Waals surface area (Å²) in [6.07, 6.45) is 4.79. The first-order chi connectivity index (χ1) is 6.43. The van der Waals surface area contributed by atoms with Crippen LogP contribution in [0.15, 0.2) is 0 Å². The highest BCUT2D eigenvalue weighted by atomic mass is 16.1. The van der Waals surface area contributed by atoms with Crippen molar-refractivity contribution in [3.05, 3.63) is 0 Å². The Morgan fingerprint density at radius 3 is 2.21 bits per heavy atom. The molecule has 14 heavy (non-hydrogen) atoms. The van der Waals surface area contributed by atoms with Gasteiger partial charge in [0.1, 0.15) is 0 Å². The minimum Gasteiger partial charge on any atom is -0.351 e. The summed E-state index contributed by atoms with van der Waals surface area (Å²) in [6.45, 7) is 8.38. The van der Waals surface area contributed by atoms with Gasteiger partial charge in [-0.2, -0.15) is 0 Å². The molecule has 1 fully saturated rings. The Hall–Kier alpha value is -0.530. The summed E-state index contributed by atoms with van der Waals surface area (Å²) in [5.74, 6) is 1.75. The third kappa shape index (κ3) is 3.00. The van der Waals surface area contributed by atoms with Crippen LogP contribution in [0.5, 0.6) is 0 Å². The lowest BCUT2D eigenvalue weighted by Gasteiger charge is -2.39. The maximum absolute atomic E-state index is 11.0. The minimum atomic E-state index is 0.0667. The van der Waals surface area contributed by atoms with E-state index in [1.807, 2.05) is 0 Å². The Labute approximate surface area is 87.5 Å². The summed E-state index contributed by atoms with van der Waals surface area (Å²) in [6, 6.07) is 0.